The summed E-state index contributed by atoms with van der Waals surface area (Å²) in [5.41, 5.74) is 0. The van der Waals surface area contributed by atoms with E-state index in [1.807, 2.05) is 0 Å². The minimum Gasteiger partial charge on any atom is -0.493 e. The first-order valence-corrected chi connectivity index (χ1v) is 7.27. The van der Waals surface area contributed by atoms with Gasteiger partial charge in [-0.3, -0.25) is 0 Å². The van der Waals surface area contributed by atoms with E-state index in [1.165, 1.54) is 24.1 Å². The summed E-state index contributed by atoms with van der Waals surface area (Å²) in [6, 6.07) is 3.07. The van der Waals surface area contributed by atoms with E-state index in [9.17, 15) is 8.42 Å². The fourth-order valence-corrected chi connectivity index (χ4v) is 3.09. The molecule has 0 spiro atoms. The van der Waals surface area contributed by atoms with Gasteiger partial charge in [0.05, 0.1) is 19.5 Å². The van der Waals surface area contributed by atoms with Crippen LogP contribution in [0, 0.1) is 0 Å². The molecule has 0 aliphatic rings. The summed E-state index contributed by atoms with van der Waals surface area (Å²) in [5.74, 6) is 0.601. The molecule has 2 aromatic rings. The van der Waals surface area contributed by atoms with Gasteiger partial charge in [-0.1, -0.05) is 0 Å². The quantitative estimate of drug-likeness (QED) is 0.804. The third-order valence-electron chi connectivity index (χ3n) is 1.83. The molecule has 0 atom stereocenters. The number of rotatable bonds is 3. The molecule has 0 aliphatic heterocycles. The van der Waals surface area contributed by atoms with Gasteiger partial charge in [-0.05, 0) is 12.1 Å². The Hall–Kier alpha value is -1.05. The summed E-state index contributed by atoms with van der Waals surface area (Å²) < 4.78 is 28.7. The van der Waals surface area contributed by atoms with Crippen LogP contribution in [0.4, 0.5) is 0 Å². The highest BCUT2D eigenvalue weighted by Gasteiger charge is 2.14. The molecule has 0 radical (unpaired) electrons. The van der Waals surface area contributed by atoms with E-state index in [0.717, 1.165) is 11.3 Å². The fraction of sp³-hybridized carbons (Fsp3) is 0.125. The summed E-state index contributed by atoms with van der Waals surface area (Å²) in [7, 11) is 3.08. The maximum absolute atomic E-state index is 11.1. The van der Waals surface area contributed by atoms with Crippen molar-refractivity contribution in [2.45, 2.75) is 4.21 Å². The van der Waals surface area contributed by atoms with Crippen LogP contribution in [0.25, 0.3) is 5.00 Å². The molecule has 0 N–H and O–H groups in total. The van der Waals surface area contributed by atoms with Crippen LogP contribution in [-0.2, 0) is 9.05 Å². The van der Waals surface area contributed by atoms with Gasteiger partial charge in [-0.25, -0.2) is 13.1 Å². The van der Waals surface area contributed by atoms with Crippen molar-refractivity contribution >= 4 is 31.1 Å². The minimum absolute atomic E-state index is 0.0960. The maximum Gasteiger partial charge on any atom is 0.270 e. The normalized spacial score (nSPS) is 11.6. The van der Waals surface area contributed by atoms with Crippen molar-refractivity contribution < 1.29 is 13.2 Å². The Morgan fingerprint density at radius 2 is 2.25 bits per heavy atom. The average molecular weight is 279 g/mol. The van der Waals surface area contributed by atoms with Crippen molar-refractivity contribution in [3.63, 3.8) is 0 Å². The van der Waals surface area contributed by atoms with Crippen molar-refractivity contribution in [2.24, 2.45) is 0 Å². The molecule has 0 aliphatic carbocycles. The van der Waals surface area contributed by atoms with Gasteiger partial charge >= 0.3 is 0 Å². The monoisotopic (exact) mass is 278 g/mol. The number of methoxy groups -OCH3 is 1. The van der Waals surface area contributed by atoms with E-state index >= 15 is 0 Å². The lowest BCUT2D eigenvalue weighted by Crippen LogP contribution is -1.89. The number of hydrogen-bond acceptors (Lipinski definition) is 5. The van der Waals surface area contributed by atoms with Crippen molar-refractivity contribution in [3.8, 4) is 10.8 Å². The topological polar surface area (TPSA) is 61.2 Å². The van der Waals surface area contributed by atoms with Gasteiger partial charge in [0.15, 0.2) is 5.75 Å². The number of halogens is 1. The second kappa shape index (κ2) is 4.08. The lowest BCUT2D eigenvalue weighted by molar-refractivity contribution is 0.414. The third-order valence-corrected chi connectivity index (χ3v) is 5.00. The zero-order valence-corrected chi connectivity index (χ0v) is 10.5. The predicted octanol–water partition coefficient (Wildman–Crippen LogP) is 1.87. The van der Waals surface area contributed by atoms with Gasteiger partial charge in [0.2, 0.25) is 0 Å². The highest BCUT2D eigenvalue weighted by molar-refractivity contribution is 8.15. The van der Waals surface area contributed by atoms with Gasteiger partial charge < -0.3 is 4.74 Å². The minimum atomic E-state index is -3.67. The molecule has 0 aromatic carbocycles. The lowest BCUT2D eigenvalue weighted by atomic mass is 10.6. The Morgan fingerprint density at radius 1 is 1.50 bits per heavy atom. The number of aromatic nitrogens is 2. The summed E-state index contributed by atoms with van der Waals surface area (Å²) >= 11 is 1.04. The van der Waals surface area contributed by atoms with Gasteiger partial charge in [-0.2, -0.15) is 5.10 Å². The number of thiophene rings is 1. The molecular formula is C8H7ClN2O3S2. The smallest absolute Gasteiger partial charge is 0.270 e. The first-order chi connectivity index (χ1) is 7.50. The van der Waals surface area contributed by atoms with E-state index in [0.29, 0.717) is 10.8 Å². The summed E-state index contributed by atoms with van der Waals surface area (Å²) in [6.45, 7) is 0. The largest absolute Gasteiger partial charge is 0.493 e. The number of hydrogen-bond donors (Lipinski definition) is 0. The first-order valence-electron chi connectivity index (χ1n) is 4.14. The molecule has 2 rings (SSSR count). The Kier molecular flexibility index (Phi) is 2.92. The first kappa shape index (κ1) is 11.4. The molecular weight excluding hydrogens is 272 g/mol. The van der Waals surface area contributed by atoms with Gasteiger partial charge in [0.1, 0.15) is 9.21 Å². The molecule has 5 nitrogen and oxygen atoms in total. The molecule has 0 fully saturated rings. The van der Waals surface area contributed by atoms with Crippen LogP contribution >= 0.6 is 22.0 Å². The Balaban J connectivity index is 2.39. The van der Waals surface area contributed by atoms with Gasteiger partial charge in [0, 0.05) is 10.7 Å². The Morgan fingerprint density at radius 3 is 2.75 bits per heavy atom. The fourth-order valence-electron chi connectivity index (χ4n) is 1.10. The van der Waals surface area contributed by atoms with Gasteiger partial charge in [0.25, 0.3) is 9.05 Å². The second-order valence-corrected chi connectivity index (χ2v) is 6.71. The molecule has 2 heterocycles. The number of nitrogens with zero attached hydrogens (tertiary/aromatic N) is 2. The summed E-state index contributed by atoms with van der Waals surface area (Å²) in [5, 5.41) is 4.67. The second-order valence-electron chi connectivity index (χ2n) is 2.86. The third kappa shape index (κ3) is 2.21. The summed E-state index contributed by atoms with van der Waals surface area (Å²) in [4.78, 5) is 0. The maximum atomic E-state index is 11.1. The zero-order valence-electron chi connectivity index (χ0n) is 8.12. The Bertz CT molecular complexity index is 602. The van der Waals surface area contributed by atoms with E-state index < -0.39 is 9.05 Å². The molecule has 8 heteroatoms. The van der Waals surface area contributed by atoms with Crippen molar-refractivity contribution in [1.82, 2.24) is 9.78 Å². The van der Waals surface area contributed by atoms with E-state index in [4.69, 9.17) is 15.4 Å². The molecule has 86 valence electrons. The van der Waals surface area contributed by atoms with Gasteiger partial charge in [-0.15, -0.1) is 11.3 Å². The SMILES string of the molecule is COc1cnn(-c2ccc(S(=O)(=O)Cl)s2)c1. The van der Waals surface area contributed by atoms with Crippen LogP contribution in [0.15, 0.2) is 28.7 Å². The van der Waals surface area contributed by atoms with Crippen molar-refractivity contribution in [2.75, 3.05) is 7.11 Å². The predicted molar refractivity (Wildman–Crippen MR) is 61.0 cm³/mol. The van der Waals surface area contributed by atoms with Crippen LogP contribution in [0.3, 0.4) is 0 Å². The molecule has 0 amide bonds. The van der Waals surface area contributed by atoms with Crippen LogP contribution in [0.5, 0.6) is 5.75 Å². The van der Waals surface area contributed by atoms with Crippen molar-refractivity contribution in [3.05, 3.63) is 24.5 Å². The lowest BCUT2D eigenvalue weighted by Gasteiger charge is -1.94. The molecule has 0 unspecified atom stereocenters. The van der Waals surface area contributed by atoms with E-state index in [-0.39, 0.29) is 4.21 Å². The molecule has 0 saturated carbocycles. The Labute approximate surface area is 101 Å². The van der Waals surface area contributed by atoms with E-state index in [2.05, 4.69) is 5.10 Å². The molecule has 16 heavy (non-hydrogen) atoms. The molecule has 2 aromatic heterocycles. The number of ether oxygens (including phenoxy) is 1. The van der Waals surface area contributed by atoms with Crippen LogP contribution in [-0.4, -0.2) is 25.3 Å². The average Bonchev–Trinajstić information content (AvgIpc) is 2.85. The van der Waals surface area contributed by atoms with E-state index in [1.54, 1.807) is 12.3 Å². The molecule has 0 saturated heterocycles. The van der Waals surface area contributed by atoms with Crippen molar-refractivity contribution in [1.29, 1.82) is 0 Å². The van der Waals surface area contributed by atoms with Crippen LogP contribution in [0.1, 0.15) is 0 Å². The van der Waals surface area contributed by atoms with Crippen LogP contribution in [0.2, 0.25) is 0 Å². The standard InChI is InChI=1S/C8H7ClN2O3S2/c1-14-6-4-10-11(5-6)7-2-3-8(15-7)16(9,12)13/h2-5H,1H3. The highest BCUT2D eigenvalue weighted by Crippen LogP contribution is 2.27. The highest BCUT2D eigenvalue weighted by atomic mass is 35.7. The van der Waals surface area contributed by atoms with Crippen LogP contribution < -0.4 is 4.74 Å². The zero-order chi connectivity index (χ0) is 11.8. The molecule has 0 bridgehead atoms. The summed E-state index contributed by atoms with van der Waals surface area (Å²) in [6.07, 6.45) is 3.19.